The number of benzene rings is 1. The molecule has 2 aliphatic heterocycles. The van der Waals surface area contributed by atoms with E-state index in [0.29, 0.717) is 35.8 Å². The van der Waals surface area contributed by atoms with Crippen molar-refractivity contribution in [1.82, 2.24) is 15.1 Å². The van der Waals surface area contributed by atoms with Gasteiger partial charge in [0.05, 0.1) is 28.9 Å². The molecule has 0 bridgehead atoms. The van der Waals surface area contributed by atoms with Crippen molar-refractivity contribution in [2.75, 3.05) is 13.1 Å². The Morgan fingerprint density at radius 2 is 1.93 bits per heavy atom. The predicted molar refractivity (Wildman–Crippen MR) is 151 cm³/mol. The topological polar surface area (TPSA) is 141 Å². The van der Waals surface area contributed by atoms with Crippen LogP contribution in [0.15, 0.2) is 29.7 Å². The first kappa shape index (κ1) is 29.6. The molecule has 1 fully saturated rings. The molecule has 9 heteroatoms. The lowest BCUT2D eigenvalue weighted by Gasteiger charge is -2.41. The molecule has 3 heterocycles. The highest BCUT2D eigenvalue weighted by Crippen LogP contribution is 2.52. The van der Waals surface area contributed by atoms with Crippen LogP contribution in [0.5, 0.6) is 5.88 Å². The third-order valence-corrected chi connectivity index (χ3v) is 7.95. The van der Waals surface area contributed by atoms with E-state index in [1.165, 1.54) is 0 Å². The molecule has 4 rings (SSSR count). The number of hydrogen-bond acceptors (Lipinski definition) is 8. The number of aromatic amines is 1. The minimum absolute atomic E-state index is 0.0336. The molecule has 2 unspecified atom stereocenters. The van der Waals surface area contributed by atoms with E-state index in [-0.39, 0.29) is 23.8 Å². The van der Waals surface area contributed by atoms with Gasteiger partial charge < -0.3 is 25.4 Å². The van der Waals surface area contributed by atoms with E-state index in [1.807, 2.05) is 64.6 Å². The summed E-state index contributed by atoms with van der Waals surface area (Å²) in [6.07, 6.45) is 0.610. The number of piperidine rings is 1. The maximum Gasteiger partial charge on any atom is 0.222 e. The maximum atomic E-state index is 10.5. The van der Waals surface area contributed by atoms with Gasteiger partial charge in [0.25, 0.3) is 0 Å². The summed E-state index contributed by atoms with van der Waals surface area (Å²) in [7, 11) is 0. The fourth-order valence-electron chi connectivity index (χ4n) is 5.83. The second-order valence-corrected chi connectivity index (χ2v) is 12.4. The van der Waals surface area contributed by atoms with Gasteiger partial charge >= 0.3 is 0 Å². The number of hydrogen-bond donors (Lipinski definition) is 4. The molecule has 5 N–H and O–H groups in total. The first-order valence-corrected chi connectivity index (χ1v) is 13.8. The number of aryl methyl sites for hydroxylation is 1. The highest BCUT2D eigenvalue weighted by atomic mass is 16.6. The Kier molecular flexibility index (Phi) is 8.08. The molecular weight excluding hydrogens is 506 g/mol. The van der Waals surface area contributed by atoms with Crippen LogP contribution < -0.4 is 10.5 Å². The van der Waals surface area contributed by atoms with Crippen LogP contribution in [-0.2, 0) is 16.8 Å². The molecule has 0 aliphatic carbocycles. The molecule has 2 aromatic rings. The summed E-state index contributed by atoms with van der Waals surface area (Å²) in [5.74, 6) is 7.20. The number of nitrogens with zero attached hydrogens (tertiary/aromatic N) is 3. The summed E-state index contributed by atoms with van der Waals surface area (Å²) in [6, 6.07) is 8.09. The van der Waals surface area contributed by atoms with Gasteiger partial charge in [-0.2, -0.15) is 10.4 Å². The number of ether oxygens (including phenoxy) is 2. The Morgan fingerprint density at radius 1 is 1.25 bits per heavy atom. The van der Waals surface area contributed by atoms with Crippen LogP contribution in [0.4, 0.5) is 0 Å². The van der Waals surface area contributed by atoms with Crippen molar-refractivity contribution in [3.63, 3.8) is 0 Å². The molecule has 0 radical (unpaired) electrons. The Morgan fingerprint density at radius 3 is 2.50 bits per heavy atom. The monoisotopic (exact) mass is 547 g/mol. The number of nitrogens with one attached hydrogen (secondary N) is 1. The third kappa shape index (κ3) is 5.48. The lowest BCUT2D eigenvalue weighted by Crippen LogP contribution is -2.47. The van der Waals surface area contributed by atoms with Crippen LogP contribution >= 0.6 is 0 Å². The molecule has 0 saturated carbocycles. The summed E-state index contributed by atoms with van der Waals surface area (Å²) in [4.78, 5) is 1.93. The van der Waals surface area contributed by atoms with Gasteiger partial charge in [-0.3, -0.25) is 4.90 Å². The van der Waals surface area contributed by atoms with Crippen LogP contribution in [-0.4, -0.2) is 50.4 Å². The number of aromatic nitrogens is 2. The van der Waals surface area contributed by atoms with Crippen molar-refractivity contribution >= 4 is 0 Å². The van der Waals surface area contributed by atoms with Crippen molar-refractivity contribution in [1.29, 1.82) is 5.26 Å². The zero-order valence-electron chi connectivity index (χ0n) is 24.6. The van der Waals surface area contributed by atoms with E-state index in [2.05, 4.69) is 35.0 Å². The van der Waals surface area contributed by atoms with Crippen LogP contribution in [0.3, 0.4) is 0 Å². The fraction of sp³-hybridized carbons (Fsp3) is 0.548. The highest BCUT2D eigenvalue weighted by Gasteiger charge is 2.50. The Balaban J connectivity index is 1.73. The summed E-state index contributed by atoms with van der Waals surface area (Å²) in [5.41, 5.74) is 8.68. The van der Waals surface area contributed by atoms with Crippen molar-refractivity contribution < 1.29 is 19.7 Å². The smallest absolute Gasteiger partial charge is 0.222 e. The largest absolute Gasteiger partial charge is 0.422 e. The molecule has 1 saturated heterocycles. The Labute approximate surface area is 237 Å². The number of aliphatic hydroxyl groups is 2. The first-order valence-electron chi connectivity index (χ1n) is 13.8. The van der Waals surface area contributed by atoms with Gasteiger partial charge in [0.2, 0.25) is 18.2 Å². The van der Waals surface area contributed by atoms with Crippen molar-refractivity contribution in [2.45, 2.75) is 85.3 Å². The SMILES string of the molecule is Cc1n[nH]c2c1C(c1cc(C#CC3(C)CCN(C(O)OC(C)(C)C)CC3)cc(CO)c1)(C(C)C)C(C#N)=C(N)O2. The van der Waals surface area contributed by atoms with Gasteiger partial charge in [0.15, 0.2) is 0 Å². The molecule has 1 aromatic heterocycles. The van der Waals surface area contributed by atoms with Crippen LogP contribution in [0.2, 0.25) is 0 Å². The van der Waals surface area contributed by atoms with Crippen LogP contribution in [0, 0.1) is 41.4 Å². The number of rotatable bonds is 5. The van der Waals surface area contributed by atoms with Gasteiger partial charge in [-0.05, 0) is 76.6 Å². The summed E-state index contributed by atoms with van der Waals surface area (Å²) in [5, 5.41) is 38.2. The lowest BCUT2D eigenvalue weighted by atomic mass is 9.61. The standard InChI is InChI=1S/C31H41N5O4/c1-19(2)31(24(17-32)26(33)39-27-25(31)20(3)34-35-27)23-15-21(14-22(16-23)18-37)8-9-30(7)10-12-36(13-11-30)28(38)40-29(4,5)6/h14-16,19,28,37-38H,10-13,18,33H2,1-7H3,(H,34,35). The zero-order valence-corrected chi connectivity index (χ0v) is 24.6. The second-order valence-electron chi connectivity index (χ2n) is 12.4. The highest BCUT2D eigenvalue weighted by molar-refractivity contribution is 5.63. The van der Waals surface area contributed by atoms with Crippen molar-refractivity contribution in [2.24, 2.45) is 17.1 Å². The number of nitriles is 1. The third-order valence-electron chi connectivity index (χ3n) is 7.95. The first-order chi connectivity index (χ1) is 18.7. The van der Waals surface area contributed by atoms with Gasteiger partial charge in [-0.25, -0.2) is 5.10 Å². The number of H-pyrrole nitrogens is 1. The van der Waals surface area contributed by atoms with Crippen molar-refractivity contribution in [3.8, 4) is 23.8 Å². The van der Waals surface area contributed by atoms with E-state index < -0.39 is 17.4 Å². The zero-order chi connectivity index (χ0) is 29.5. The second kappa shape index (κ2) is 10.9. The number of likely N-dealkylation sites (tertiary alicyclic amines) is 1. The summed E-state index contributed by atoms with van der Waals surface area (Å²) >= 11 is 0. The molecule has 1 aromatic carbocycles. The quantitative estimate of drug-likeness (QED) is 0.327. The summed E-state index contributed by atoms with van der Waals surface area (Å²) in [6.45, 7) is 15.0. The Bertz CT molecular complexity index is 1390. The van der Waals surface area contributed by atoms with E-state index in [0.717, 1.165) is 29.5 Å². The van der Waals surface area contributed by atoms with Crippen molar-refractivity contribution in [3.05, 3.63) is 57.6 Å². The molecule has 2 atom stereocenters. The predicted octanol–water partition coefficient (Wildman–Crippen LogP) is 3.78. The van der Waals surface area contributed by atoms with E-state index >= 15 is 0 Å². The molecule has 0 amide bonds. The average molecular weight is 548 g/mol. The Hall–Kier alpha value is -3.34. The molecule has 0 spiro atoms. The molecule has 2 aliphatic rings. The van der Waals surface area contributed by atoms with Gasteiger partial charge in [-0.1, -0.05) is 31.8 Å². The fourth-order valence-corrected chi connectivity index (χ4v) is 5.83. The summed E-state index contributed by atoms with van der Waals surface area (Å²) < 4.78 is 11.5. The van der Waals surface area contributed by atoms with E-state index in [4.69, 9.17) is 15.2 Å². The minimum atomic E-state index is -0.945. The van der Waals surface area contributed by atoms with Crippen LogP contribution in [0.25, 0.3) is 0 Å². The lowest BCUT2D eigenvalue weighted by molar-refractivity contribution is -0.244. The number of aliphatic hydroxyl groups excluding tert-OH is 2. The maximum absolute atomic E-state index is 10.5. The number of allylic oxidation sites excluding steroid dienone is 1. The molecule has 9 nitrogen and oxygen atoms in total. The molecule has 214 valence electrons. The van der Waals surface area contributed by atoms with Gasteiger partial charge in [0.1, 0.15) is 11.6 Å². The average Bonchev–Trinajstić information content (AvgIpc) is 3.25. The minimum Gasteiger partial charge on any atom is -0.422 e. The van der Waals surface area contributed by atoms with Crippen LogP contribution in [0.1, 0.15) is 82.3 Å². The van der Waals surface area contributed by atoms with Gasteiger partial charge in [0, 0.05) is 24.1 Å². The molecular formula is C31H41N5O4. The van der Waals surface area contributed by atoms with Gasteiger partial charge in [-0.15, -0.1) is 0 Å². The normalized spacial score (nSPS) is 21.7. The molecule has 40 heavy (non-hydrogen) atoms. The number of nitrogens with two attached hydrogens (primary N) is 1. The van der Waals surface area contributed by atoms with E-state index in [1.54, 1.807) is 0 Å². The van der Waals surface area contributed by atoms with E-state index in [9.17, 15) is 15.5 Å². The number of fused-ring (bicyclic) bond motifs is 1.